The highest BCUT2D eigenvalue weighted by Crippen LogP contribution is 2.40. The molecule has 1 aliphatic carbocycles. The van der Waals surface area contributed by atoms with Crippen molar-refractivity contribution < 1.29 is 4.74 Å². The van der Waals surface area contributed by atoms with Crippen molar-refractivity contribution in [3.8, 4) is 0 Å². The first-order chi connectivity index (χ1) is 10.9. The molecule has 128 valence electrons. The van der Waals surface area contributed by atoms with Crippen LogP contribution in [0.2, 0.25) is 0 Å². The lowest BCUT2D eigenvalue weighted by atomic mass is 9.72. The number of allylic oxidation sites excluding steroid dienone is 9. The average molecular weight is 315 g/mol. The van der Waals surface area contributed by atoms with Crippen LogP contribution >= 0.6 is 0 Å². The van der Waals surface area contributed by atoms with Gasteiger partial charge in [-0.2, -0.15) is 0 Å². The van der Waals surface area contributed by atoms with Gasteiger partial charge in [-0.25, -0.2) is 0 Å². The van der Waals surface area contributed by atoms with Gasteiger partial charge in [0.2, 0.25) is 0 Å². The van der Waals surface area contributed by atoms with Gasteiger partial charge < -0.3 is 4.74 Å². The van der Waals surface area contributed by atoms with E-state index in [0.29, 0.717) is 12.0 Å². The van der Waals surface area contributed by atoms with Crippen molar-refractivity contribution in [2.75, 3.05) is 13.2 Å². The maximum Gasteiger partial charge on any atom is 0.0652 e. The first kappa shape index (κ1) is 19.7. The third-order valence-corrected chi connectivity index (χ3v) is 4.50. The lowest BCUT2D eigenvalue weighted by Gasteiger charge is -2.32. The molecular weight excluding hydrogens is 280 g/mol. The predicted molar refractivity (Wildman–Crippen MR) is 103 cm³/mol. The minimum Gasteiger partial charge on any atom is -0.378 e. The summed E-state index contributed by atoms with van der Waals surface area (Å²) in [5, 5.41) is 0. The molecule has 0 aliphatic heterocycles. The van der Waals surface area contributed by atoms with E-state index in [0.717, 1.165) is 6.61 Å². The lowest BCUT2D eigenvalue weighted by molar-refractivity contribution is 0.177. The third kappa shape index (κ3) is 7.18. The molecule has 0 spiro atoms. The Hall–Kier alpha value is -1.34. The second-order valence-corrected chi connectivity index (χ2v) is 7.14. The molecule has 0 bridgehead atoms. The highest BCUT2D eigenvalue weighted by molar-refractivity contribution is 5.37. The number of hydrogen-bond donors (Lipinski definition) is 0. The van der Waals surface area contributed by atoms with Crippen molar-refractivity contribution in [1.82, 2.24) is 0 Å². The van der Waals surface area contributed by atoms with Gasteiger partial charge >= 0.3 is 0 Å². The van der Waals surface area contributed by atoms with Crippen molar-refractivity contribution in [1.29, 1.82) is 0 Å². The van der Waals surface area contributed by atoms with E-state index >= 15 is 0 Å². The Morgan fingerprint density at radius 2 is 1.91 bits per heavy atom. The largest absolute Gasteiger partial charge is 0.378 e. The summed E-state index contributed by atoms with van der Waals surface area (Å²) in [5.41, 5.74) is 5.90. The molecule has 1 rings (SSSR count). The van der Waals surface area contributed by atoms with Crippen molar-refractivity contribution in [2.45, 2.75) is 60.8 Å². The lowest BCUT2D eigenvalue weighted by Crippen LogP contribution is -2.19. The zero-order valence-corrected chi connectivity index (χ0v) is 15.9. The molecule has 0 aromatic carbocycles. The fourth-order valence-corrected chi connectivity index (χ4v) is 3.01. The number of rotatable bonds is 7. The zero-order chi connectivity index (χ0) is 17.3. The Morgan fingerprint density at radius 3 is 2.57 bits per heavy atom. The van der Waals surface area contributed by atoms with Crippen molar-refractivity contribution >= 4 is 0 Å². The molecular formula is C22H34O. The molecule has 0 saturated carbocycles. The van der Waals surface area contributed by atoms with E-state index in [-0.39, 0.29) is 0 Å². The summed E-state index contributed by atoms with van der Waals surface area (Å²) in [4.78, 5) is 0. The van der Waals surface area contributed by atoms with E-state index in [1.54, 1.807) is 5.57 Å². The molecule has 1 heteroatoms. The van der Waals surface area contributed by atoms with E-state index in [1.807, 2.05) is 6.92 Å². The van der Waals surface area contributed by atoms with Crippen LogP contribution in [-0.2, 0) is 4.74 Å². The normalized spacial score (nSPS) is 20.1. The summed E-state index contributed by atoms with van der Waals surface area (Å²) in [5.74, 6) is 0. The van der Waals surface area contributed by atoms with Crippen LogP contribution < -0.4 is 0 Å². The maximum atomic E-state index is 5.32. The molecule has 0 aromatic rings. The van der Waals surface area contributed by atoms with E-state index in [2.05, 4.69) is 71.1 Å². The SMILES string of the molecule is CCOC\C=C(C)/C=C/C=C(C)/C=C/C1=C(C)CCCC1(C)C. The molecule has 1 nitrogen and oxygen atoms in total. The quantitative estimate of drug-likeness (QED) is 0.382. The van der Waals surface area contributed by atoms with Crippen molar-refractivity contribution in [3.63, 3.8) is 0 Å². The van der Waals surface area contributed by atoms with Crippen LogP contribution in [0.3, 0.4) is 0 Å². The van der Waals surface area contributed by atoms with Crippen LogP contribution in [0.1, 0.15) is 60.8 Å². The molecule has 0 heterocycles. The molecule has 0 amide bonds. The summed E-state index contributed by atoms with van der Waals surface area (Å²) in [6.07, 6.45) is 16.9. The van der Waals surface area contributed by atoms with Gasteiger partial charge in [-0.15, -0.1) is 0 Å². The summed E-state index contributed by atoms with van der Waals surface area (Å²) in [7, 11) is 0. The third-order valence-electron chi connectivity index (χ3n) is 4.50. The summed E-state index contributed by atoms with van der Waals surface area (Å²) in [6, 6.07) is 0. The van der Waals surface area contributed by atoms with Gasteiger partial charge in [-0.1, -0.05) is 67.0 Å². The molecule has 0 radical (unpaired) electrons. The van der Waals surface area contributed by atoms with Crippen molar-refractivity contribution in [2.24, 2.45) is 5.41 Å². The van der Waals surface area contributed by atoms with Gasteiger partial charge in [0.05, 0.1) is 6.61 Å². The van der Waals surface area contributed by atoms with E-state index < -0.39 is 0 Å². The molecule has 0 fully saturated rings. The van der Waals surface area contributed by atoms with E-state index in [1.165, 1.54) is 36.0 Å². The topological polar surface area (TPSA) is 9.23 Å². The molecule has 0 saturated heterocycles. The minimum absolute atomic E-state index is 0.313. The Kier molecular flexibility index (Phi) is 8.33. The Labute approximate surface area is 143 Å². The molecule has 0 unspecified atom stereocenters. The van der Waals surface area contributed by atoms with E-state index in [9.17, 15) is 0 Å². The van der Waals surface area contributed by atoms with Crippen LogP contribution in [0.5, 0.6) is 0 Å². The van der Waals surface area contributed by atoms with Crippen LogP contribution in [0.25, 0.3) is 0 Å². The molecule has 23 heavy (non-hydrogen) atoms. The monoisotopic (exact) mass is 314 g/mol. The fourth-order valence-electron chi connectivity index (χ4n) is 3.01. The second-order valence-electron chi connectivity index (χ2n) is 7.14. The van der Waals surface area contributed by atoms with Crippen LogP contribution in [-0.4, -0.2) is 13.2 Å². The van der Waals surface area contributed by atoms with Crippen LogP contribution in [0.15, 0.2) is 58.7 Å². The van der Waals surface area contributed by atoms with Crippen LogP contribution in [0, 0.1) is 5.41 Å². The minimum atomic E-state index is 0.313. The summed E-state index contributed by atoms with van der Waals surface area (Å²) in [6.45, 7) is 14.7. The number of ether oxygens (including phenoxy) is 1. The maximum absolute atomic E-state index is 5.32. The smallest absolute Gasteiger partial charge is 0.0652 e. The highest BCUT2D eigenvalue weighted by atomic mass is 16.5. The Balaban J connectivity index is 2.67. The first-order valence-electron chi connectivity index (χ1n) is 8.84. The molecule has 1 aliphatic rings. The second kappa shape index (κ2) is 9.72. The average Bonchev–Trinajstić information content (AvgIpc) is 2.46. The number of hydrogen-bond acceptors (Lipinski definition) is 1. The van der Waals surface area contributed by atoms with Gasteiger partial charge in [0.1, 0.15) is 0 Å². The zero-order valence-electron chi connectivity index (χ0n) is 15.9. The summed E-state index contributed by atoms with van der Waals surface area (Å²) < 4.78 is 5.32. The highest BCUT2D eigenvalue weighted by Gasteiger charge is 2.26. The molecule has 0 N–H and O–H groups in total. The Morgan fingerprint density at radius 1 is 1.17 bits per heavy atom. The predicted octanol–water partition coefficient (Wildman–Crippen LogP) is 6.55. The molecule has 0 aromatic heterocycles. The van der Waals surface area contributed by atoms with Gasteiger partial charge in [-0.3, -0.25) is 0 Å². The van der Waals surface area contributed by atoms with E-state index in [4.69, 9.17) is 4.74 Å². The van der Waals surface area contributed by atoms with Crippen molar-refractivity contribution in [3.05, 3.63) is 58.7 Å². The van der Waals surface area contributed by atoms with Gasteiger partial charge in [0, 0.05) is 6.61 Å². The standard InChI is InChI=1S/C22H34O/c1-7-23-17-15-19(3)11-8-10-18(2)13-14-21-20(4)12-9-16-22(21,5)6/h8,10-11,13-15H,7,9,12,16-17H2,1-6H3/b11-8+,14-13+,18-10+,19-15-. The van der Waals surface area contributed by atoms with Gasteiger partial charge in [0.25, 0.3) is 0 Å². The fraction of sp³-hybridized carbons (Fsp3) is 0.545. The Bertz CT molecular complexity index is 524. The molecule has 0 atom stereocenters. The van der Waals surface area contributed by atoms with Gasteiger partial charge in [0.15, 0.2) is 0 Å². The summed E-state index contributed by atoms with van der Waals surface area (Å²) >= 11 is 0. The van der Waals surface area contributed by atoms with Crippen LogP contribution in [0.4, 0.5) is 0 Å². The first-order valence-corrected chi connectivity index (χ1v) is 8.84. The van der Waals surface area contributed by atoms with Gasteiger partial charge in [-0.05, 0) is 57.9 Å².